The zero-order chi connectivity index (χ0) is 10.6. The average molecular weight is 195 g/mol. The lowest BCUT2D eigenvalue weighted by Gasteiger charge is -2.16. The molecule has 0 saturated heterocycles. The number of rotatable bonds is 4. The molecule has 4 heteroatoms. The summed E-state index contributed by atoms with van der Waals surface area (Å²) in [7, 11) is 0. The van der Waals surface area contributed by atoms with Gasteiger partial charge in [0.2, 0.25) is 0 Å². The van der Waals surface area contributed by atoms with Crippen molar-refractivity contribution in [2.45, 2.75) is 32.8 Å². The molecule has 0 aliphatic rings. The first-order valence-electron chi connectivity index (χ1n) is 4.73. The van der Waals surface area contributed by atoms with Crippen LogP contribution in [0, 0.1) is 6.92 Å². The van der Waals surface area contributed by atoms with Crippen LogP contribution >= 0.6 is 0 Å². The monoisotopic (exact) mass is 195 g/mol. The number of aromatic nitrogens is 2. The number of nitrogens with one attached hydrogen (secondary N) is 1. The maximum Gasteiger partial charge on any atom is 0.148 e. The molecule has 1 aromatic rings. The van der Waals surface area contributed by atoms with Crippen LogP contribution < -0.4 is 5.32 Å². The number of aliphatic hydroxyl groups is 1. The van der Waals surface area contributed by atoms with Gasteiger partial charge in [-0.3, -0.25) is 0 Å². The van der Waals surface area contributed by atoms with Gasteiger partial charge in [-0.15, -0.1) is 5.10 Å². The van der Waals surface area contributed by atoms with E-state index >= 15 is 0 Å². The average Bonchev–Trinajstić information content (AvgIpc) is 2.01. The molecule has 1 heterocycles. The van der Waals surface area contributed by atoms with Crippen LogP contribution in [0.2, 0.25) is 0 Å². The minimum atomic E-state index is -0.635. The Morgan fingerprint density at radius 2 is 2.21 bits per heavy atom. The number of nitrogens with zero attached hydrogens (tertiary/aromatic N) is 2. The summed E-state index contributed by atoms with van der Waals surface area (Å²) in [6.45, 7) is 6.24. The Morgan fingerprint density at radius 3 is 2.79 bits per heavy atom. The summed E-state index contributed by atoms with van der Waals surface area (Å²) in [5, 5.41) is 20.3. The van der Waals surface area contributed by atoms with Crippen molar-refractivity contribution >= 4 is 5.82 Å². The zero-order valence-corrected chi connectivity index (χ0v) is 8.91. The van der Waals surface area contributed by atoms with Crippen LogP contribution in [0.1, 0.15) is 25.8 Å². The molecular formula is C10H17N3O. The molecule has 0 aliphatic carbocycles. The first kappa shape index (κ1) is 10.9. The van der Waals surface area contributed by atoms with Crippen LogP contribution in [0.15, 0.2) is 12.3 Å². The second-order valence-electron chi connectivity index (χ2n) is 4.11. The van der Waals surface area contributed by atoms with Crippen LogP contribution in [0.25, 0.3) is 0 Å². The highest BCUT2D eigenvalue weighted by atomic mass is 16.3. The molecule has 0 atom stereocenters. The Kier molecular flexibility index (Phi) is 3.41. The van der Waals surface area contributed by atoms with Crippen molar-refractivity contribution in [1.29, 1.82) is 0 Å². The minimum absolute atomic E-state index is 0.635. The molecular weight excluding hydrogens is 178 g/mol. The molecule has 0 amide bonds. The van der Waals surface area contributed by atoms with Gasteiger partial charge in [0.15, 0.2) is 0 Å². The predicted octanol–water partition coefficient (Wildman–Crippen LogP) is 1.36. The number of hydrogen-bond donors (Lipinski definition) is 2. The highest BCUT2D eigenvalue weighted by Gasteiger charge is 2.11. The third-order valence-corrected chi connectivity index (χ3v) is 1.83. The fourth-order valence-corrected chi connectivity index (χ4v) is 1.05. The van der Waals surface area contributed by atoms with Crippen molar-refractivity contribution in [3.63, 3.8) is 0 Å². The Labute approximate surface area is 84.4 Å². The summed E-state index contributed by atoms with van der Waals surface area (Å²) in [6.07, 6.45) is 2.39. The highest BCUT2D eigenvalue weighted by Crippen LogP contribution is 2.08. The van der Waals surface area contributed by atoms with E-state index in [9.17, 15) is 5.11 Å². The van der Waals surface area contributed by atoms with E-state index in [0.717, 1.165) is 11.4 Å². The summed E-state index contributed by atoms with van der Waals surface area (Å²) >= 11 is 0. The summed E-state index contributed by atoms with van der Waals surface area (Å²) in [5.41, 5.74) is 0.440. The third-order valence-electron chi connectivity index (χ3n) is 1.83. The lowest BCUT2D eigenvalue weighted by molar-refractivity contribution is 0.0748. The van der Waals surface area contributed by atoms with Gasteiger partial charge >= 0.3 is 0 Å². The summed E-state index contributed by atoms with van der Waals surface area (Å²) in [4.78, 5) is 0. The van der Waals surface area contributed by atoms with E-state index < -0.39 is 5.60 Å². The van der Waals surface area contributed by atoms with E-state index in [2.05, 4.69) is 15.5 Å². The Morgan fingerprint density at radius 1 is 1.50 bits per heavy atom. The molecule has 0 unspecified atom stereocenters. The Hall–Kier alpha value is -1.16. The predicted molar refractivity (Wildman–Crippen MR) is 56.2 cm³/mol. The lowest BCUT2D eigenvalue weighted by atomic mass is 10.1. The van der Waals surface area contributed by atoms with E-state index in [0.29, 0.717) is 13.0 Å². The van der Waals surface area contributed by atoms with Gasteiger partial charge in [-0.25, -0.2) is 0 Å². The normalized spacial score (nSPS) is 11.4. The topological polar surface area (TPSA) is 58.0 Å². The molecule has 14 heavy (non-hydrogen) atoms. The minimum Gasteiger partial charge on any atom is -0.390 e. The molecule has 2 N–H and O–H groups in total. The van der Waals surface area contributed by atoms with Gasteiger partial charge in [0.05, 0.1) is 11.8 Å². The third kappa shape index (κ3) is 4.18. The first-order chi connectivity index (χ1) is 6.47. The molecule has 4 nitrogen and oxygen atoms in total. The van der Waals surface area contributed by atoms with E-state index in [-0.39, 0.29) is 0 Å². The van der Waals surface area contributed by atoms with Crippen molar-refractivity contribution in [3.05, 3.63) is 17.8 Å². The fourth-order valence-electron chi connectivity index (χ4n) is 1.05. The molecule has 0 fully saturated rings. The number of anilines is 1. The first-order valence-corrected chi connectivity index (χ1v) is 4.73. The standard InChI is InChI=1S/C10H17N3O/c1-8-6-9(13-12-7-8)11-5-4-10(2,3)14/h6-7,14H,4-5H2,1-3H3,(H,11,13). The van der Waals surface area contributed by atoms with E-state index in [1.165, 1.54) is 0 Å². The SMILES string of the molecule is Cc1cnnc(NCCC(C)(C)O)c1. The number of aryl methyl sites for hydroxylation is 1. The zero-order valence-electron chi connectivity index (χ0n) is 8.91. The van der Waals surface area contributed by atoms with E-state index in [4.69, 9.17) is 0 Å². The van der Waals surface area contributed by atoms with Gasteiger partial charge in [0.1, 0.15) is 5.82 Å². The van der Waals surface area contributed by atoms with Gasteiger partial charge in [0.25, 0.3) is 0 Å². The van der Waals surface area contributed by atoms with Crippen molar-refractivity contribution in [2.24, 2.45) is 0 Å². The molecule has 0 radical (unpaired) electrons. The van der Waals surface area contributed by atoms with Crippen molar-refractivity contribution in [1.82, 2.24) is 10.2 Å². The van der Waals surface area contributed by atoms with Crippen molar-refractivity contribution in [3.8, 4) is 0 Å². The molecule has 0 aliphatic heterocycles. The Bertz CT molecular complexity index is 294. The maximum atomic E-state index is 9.47. The van der Waals surface area contributed by atoms with Crippen molar-refractivity contribution < 1.29 is 5.11 Å². The van der Waals surface area contributed by atoms with Gasteiger partial charge in [-0.05, 0) is 38.8 Å². The molecule has 1 rings (SSSR count). The van der Waals surface area contributed by atoms with Gasteiger partial charge in [-0.2, -0.15) is 5.10 Å². The summed E-state index contributed by atoms with van der Waals surface area (Å²) in [6, 6.07) is 1.93. The molecule has 1 aromatic heterocycles. The van der Waals surface area contributed by atoms with Gasteiger partial charge in [-0.1, -0.05) is 0 Å². The summed E-state index contributed by atoms with van der Waals surface area (Å²) < 4.78 is 0. The second kappa shape index (κ2) is 4.37. The number of hydrogen-bond acceptors (Lipinski definition) is 4. The van der Waals surface area contributed by atoms with Crippen LogP contribution in [-0.4, -0.2) is 27.4 Å². The molecule has 0 saturated carbocycles. The smallest absolute Gasteiger partial charge is 0.148 e. The van der Waals surface area contributed by atoms with Crippen LogP contribution in [0.5, 0.6) is 0 Å². The van der Waals surface area contributed by atoms with E-state index in [1.807, 2.05) is 13.0 Å². The molecule has 0 bridgehead atoms. The molecule has 0 aromatic carbocycles. The quantitative estimate of drug-likeness (QED) is 0.761. The van der Waals surface area contributed by atoms with Crippen LogP contribution in [0.3, 0.4) is 0 Å². The largest absolute Gasteiger partial charge is 0.390 e. The van der Waals surface area contributed by atoms with Crippen LogP contribution in [-0.2, 0) is 0 Å². The van der Waals surface area contributed by atoms with Crippen LogP contribution in [0.4, 0.5) is 5.82 Å². The van der Waals surface area contributed by atoms with Gasteiger partial charge in [0, 0.05) is 6.54 Å². The second-order valence-corrected chi connectivity index (χ2v) is 4.11. The summed E-state index contributed by atoms with van der Waals surface area (Å²) in [5.74, 6) is 0.759. The lowest BCUT2D eigenvalue weighted by Crippen LogP contribution is -2.22. The Balaban J connectivity index is 2.39. The molecule has 0 spiro atoms. The fraction of sp³-hybridized carbons (Fsp3) is 0.600. The molecule has 78 valence electrons. The van der Waals surface area contributed by atoms with Gasteiger partial charge < -0.3 is 10.4 Å². The van der Waals surface area contributed by atoms with E-state index in [1.54, 1.807) is 20.0 Å². The van der Waals surface area contributed by atoms with Crippen molar-refractivity contribution in [2.75, 3.05) is 11.9 Å². The highest BCUT2D eigenvalue weighted by molar-refractivity contribution is 5.34. The maximum absolute atomic E-state index is 9.47.